The van der Waals surface area contributed by atoms with Crippen molar-refractivity contribution in [3.05, 3.63) is 34.9 Å². The summed E-state index contributed by atoms with van der Waals surface area (Å²) in [6, 6.07) is 7.47. The van der Waals surface area contributed by atoms with Gasteiger partial charge in [0.25, 0.3) is 0 Å². The Morgan fingerprint density at radius 1 is 1.50 bits per heavy atom. The Kier molecular flexibility index (Phi) is 7.30. The number of hydrogen-bond acceptors (Lipinski definition) is 3. The summed E-state index contributed by atoms with van der Waals surface area (Å²) in [6.07, 6.45) is 0.372. The van der Waals surface area contributed by atoms with Gasteiger partial charge in [0.2, 0.25) is 5.91 Å². The van der Waals surface area contributed by atoms with E-state index in [-0.39, 0.29) is 30.5 Å². The van der Waals surface area contributed by atoms with Crippen LogP contribution < -0.4 is 10.6 Å². The fourth-order valence-corrected chi connectivity index (χ4v) is 2.22. The van der Waals surface area contributed by atoms with Gasteiger partial charge in [-0.25, -0.2) is 0 Å². The quantitative estimate of drug-likeness (QED) is 0.895. The van der Waals surface area contributed by atoms with E-state index in [0.29, 0.717) is 18.1 Å². The van der Waals surface area contributed by atoms with E-state index in [0.717, 1.165) is 18.7 Å². The van der Waals surface area contributed by atoms with Gasteiger partial charge < -0.3 is 15.4 Å². The van der Waals surface area contributed by atoms with Gasteiger partial charge in [0.15, 0.2) is 0 Å². The van der Waals surface area contributed by atoms with Gasteiger partial charge in [-0.1, -0.05) is 23.7 Å². The molecule has 1 saturated heterocycles. The van der Waals surface area contributed by atoms with Crippen molar-refractivity contribution in [1.29, 1.82) is 0 Å². The van der Waals surface area contributed by atoms with E-state index in [4.69, 9.17) is 16.3 Å². The molecule has 0 spiro atoms. The first kappa shape index (κ1) is 17.2. The Morgan fingerprint density at radius 2 is 2.20 bits per heavy atom. The molecule has 2 unspecified atom stereocenters. The lowest BCUT2D eigenvalue weighted by Gasteiger charge is -2.24. The van der Waals surface area contributed by atoms with Gasteiger partial charge in [-0.05, 0) is 24.6 Å². The van der Waals surface area contributed by atoms with Crippen LogP contribution in [0, 0.1) is 0 Å². The van der Waals surface area contributed by atoms with Gasteiger partial charge in [0, 0.05) is 18.1 Å². The SMILES string of the molecule is CC(NC(=O)CC1CNCCO1)c1ccc(Cl)cc1.Cl. The highest BCUT2D eigenvalue weighted by Gasteiger charge is 2.18. The molecule has 0 aliphatic carbocycles. The van der Waals surface area contributed by atoms with Gasteiger partial charge >= 0.3 is 0 Å². The Labute approximate surface area is 130 Å². The zero-order chi connectivity index (χ0) is 13.7. The van der Waals surface area contributed by atoms with Crippen LogP contribution in [0.25, 0.3) is 0 Å². The predicted octanol–water partition coefficient (Wildman–Crippen LogP) is 2.32. The van der Waals surface area contributed by atoms with Crippen LogP contribution in [0.1, 0.15) is 24.9 Å². The fraction of sp³-hybridized carbons (Fsp3) is 0.500. The first-order valence-electron chi connectivity index (χ1n) is 6.52. The summed E-state index contributed by atoms with van der Waals surface area (Å²) >= 11 is 5.84. The Bertz CT molecular complexity index is 420. The monoisotopic (exact) mass is 318 g/mol. The molecule has 112 valence electrons. The van der Waals surface area contributed by atoms with Gasteiger partial charge in [-0.2, -0.15) is 0 Å². The molecule has 4 nitrogen and oxygen atoms in total. The predicted molar refractivity (Wildman–Crippen MR) is 82.5 cm³/mol. The molecule has 1 aliphatic rings. The van der Waals surface area contributed by atoms with E-state index in [2.05, 4.69) is 10.6 Å². The Morgan fingerprint density at radius 3 is 2.80 bits per heavy atom. The maximum Gasteiger partial charge on any atom is 0.223 e. The third-order valence-electron chi connectivity index (χ3n) is 3.16. The molecule has 1 heterocycles. The van der Waals surface area contributed by atoms with Crippen LogP contribution >= 0.6 is 24.0 Å². The van der Waals surface area contributed by atoms with Crippen molar-refractivity contribution in [2.75, 3.05) is 19.7 Å². The minimum absolute atomic E-state index is 0. The molecule has 1 aliphatic heterocycles. The highest BCUT2D eigenvalue weighted by Crippen LogP contribution is 2.16. The molecule has 1 aromatic carbocycles. The molecule has 2 N–H and O–H groups in total. The number of nitrogens with one attached hydrogen (secondary N) is 2. The first-order valence-corrected chi connectivity index (χ1v) is 6.90. The van der Waals surface area contributed by atoms with E-state index in [1.165, 1.54) is 0 Å². The van der Waals surface area contributed by atoms with Crippen molar-refractivity contribution in [1.82, 2.24) is 10.6 Å². The second-order valence-corrected chi connectivity index (χ2v) is 5.18. The minimum atomic E-state index is -0.0266. The van der Waals surface area contributed by atoms with Gasteiger partial charge in [-0.3, -0.25) is 4.79 Å². The third-order valence-corrected chi connectivity index (χ3v) is 3.42. The van der Waals surface area contributed by atoms with E-state index in [9.17, 15) is 4.79 Å². The number of carbonyl (C=O) groups is 1. The van der Waals surface area contributed by atoms with E-state index in [1.807, 2.05) is 31.2 Å². The summed E-state index contributed by atoms with van der Waals surface area (Å²) in [6.45, 7) is 4.23. The lowest BCUT2D eigenvalue weighted by molar-refractivity contribution is -0.125. The largest absolute Gasteiger partial charge is 0.375 e. The number of halogens is 2. The Balaban J connectivity index is 0.00000200. The minimum Gasteiger partial charge on any atom is -0.375 e. The van der Waals surface area contributed by atoms with Gasteiger partial charge in [-0.15, -0.1) is 12.4 Å². The van der Waals surface area contributed by atoms with Crippen molar-refractivity contribution in [3.63, 3.8) is 0 Å². The Hall–Kier alpha value is -0.810. The van der Waals surface area contributed by atoms with Crippen LogP contribution in [0.4, 0.5) is 0 Å². The molecule has 0 bridgehead atoms. The number of benzene rings is 1. The second kappa shape index (κ2) is 8.47. The lowest BCUT2D eigenvalue weighted by Crippen LogP contribution is -2.41. The van der Waals surface area contributed by atoms with Crippen molar-refractivity contribution in [2.24, 2.45) is 0 Å². The number of hydrogen-bond donors (Lipinski definition) is 2. The summed E-state index contributed by atoms with van der Waals surface area (Å²) in [7, 11) is 0. The van der Waals surface area contributed by atoms with Crippen molar-refractivity contribution in [3.8, 4) is 0 Å². The molecule has 1 aromatic rings. The molecule has 0 radical (unpaired) electrons. The van der Waals surface area contributed by atoms with E-state index >= 15 is 0 Å². The van der Waals surface area contributed by atoms with Crippen LogP contribution in [0.5, 0.6) is 0 Å². The number of rotatable bonds is 4. The smallest absolute Gasteiger partial charge is 0.223 e. The standard InChI is InChI=1S/C14H19ClN2O2.ClH/c1-10(11-2-4-12(15)5-3-11)17-14(18)8-13-9-16-6-7-19-13;/h2-5,10,13,16H,6-9H2,1H3,(H,17,18);1H. The van der Waals surface area contributed by atoms with Crippen molar-refractivity contribution in [2.45, 2.75) is 25.5 Å². The molecule has 0 aromatic heterocycles. The molecule has 6 heteroatoms. The molecule has 20 heavy (non-hydrogen) atoms. The molecule has 1 amide bonds. The number of amides is 1. The molecular formula is C14H20Cl2N2O2. The fourth-order valence-electron chi connectivity index (χ4n) is 2.09. The second-order valence-electron chi connectivity index (χ2n) is 4.74. The summed E-state index contributed by atoms with van der Waals surface area (Å²) in [5, 5.41) is 6.88. The maximum absolute atomic E-state index is 11.9. The van der Waals surface area contributed by atoms with Crippen molar-refractivity contribution < 1.29 is 9.53 Å². The summed E-state index contributed by atoms with van der Waals surface area (Å²) in [5.74, 6) is 0.0103. The normalized spacial score (nSPS) is 19.8. The molecule has 0 saturated carbocycles. The van der Waals surface area contributed by atoms with E-state index < -0.39 is 0 Å². The van der Waals surface area contributed by atoms with Crippen LogP contribution in [0.15, 0.2) is 24.3 Å². The average Bonchev–Trinajstić information content (AvgIpc) is 2.40. The van der Waals surface area contributed by atoms with E-state index in [1.54, 1.807) is 0 Å². The molecule has 1 fully saturated rings. The molecule has 2 atom stereocenters. The zero-order valence-electron chi connectivity index (χ0n) is 11.4. The molecular weight excluding hydrogens is 299 g/mol. The van der Waals surface area contributed by atoms with Crippen LogP contribution in [0.2, 0.25) is 5.02 Å². The van der Waals surface area contributed by atoms with Crippen LogP contribution in [0.3, 0.4) is 0 Å². The highest BCUT2D eigenvalue weighted by molar-refractivity contribution is 6.30. The maximum atomic E-state index is 11.9. The van der Waals surface area contributed by atoms with Crippen LogP contribution in [-0.4, -0.2) is 31.7 Å². The number of carbonyl (C=O) groups excluding carboxylic acids is 1. The zero-order valence-corrected chi connectivity index (χ0v) is 13.0. The van der Waals surface area contributed by atoms with Crippen molar-refractivity contribution >= 4 is 29.9 Å². The number of morpholine rings is 1. The number of ether oxygens (including phenoxy) is 1. The third kappa shape index (κ3) is 5.29. The lowest BCUT2D eigenvalue weighted by atomic mass is 10.1. The molecule has 2 rings (SSSR count). The topological polar surface area (TPSA) is 50.4 Å². The summed E-state index contributed by atoms with van der Waals surface area (Å²) in [4.78, 5) is 11.9. The van der Waals surface area contributed by atoms with Gasteiger partial charge in [0.05, 0.1) is 25.2 Å². The first-order chi connectivity index (χ1) is 9.15. The van der Waals surface area contributed by atoms with Gasteiger partial charge in [0.1, 0.15) is 0 Å². The summed E-state index contributed by atoms with van der Waals surface area (Å²) in [5.41, 5.74) is 1.04. The summed E-state index contributed by atoms with van der Waals surface area (Å²) < 4.78 is 5.51. The highest BCUT2D eigenvalue weighted by atomic mass is 35.5. The van der Waals surface area contributed by atoms with Crippen LogP contribution in [-0.2, 0) is 9.53 Å². The average molecular weight is 319 g/mol.